The molecule has 0 heterocycles. The van der Waals surface area contributed by atoms with Crippen LogP contribution in [0.3, 0.4) is 0 Å². The largest absolute Gasteiger partial charge is 0.481 e. The van der Waals surface area contributed by atoms with Crippen molar-refractivity contribution in [1.82, 2.24) is 0 Å². The number of carbonyl (C=O) groups is 1. The van der Waals surface area contributed by atoms with Gasteiger partial charge in [0.15, 0.2) is 6.10 Å². The van der Waals surface area contributed by atoms with Crippen LogP contribution >= 0.6 is 0 Å². The summed E-state index contributed by atoms with van der Waals surface area (Å²) in [6, 6.07) is 12.6. The van der Waals surface area contributed by atoms with Crippen LogP contribution in [0.15, 0.2) is 48.5 Å². The molecular weight excluding hydrogens is 285 g/mol. The summed E-state index contributed by atoms with van der Waals surface area (Å²) in [5.41, 5.74) is 1.14. The molecule has 2 unspecified atom stereocenters. The third-order valence-electron chi connectivity index (χ3n) is 3.15. The molecule has 0 spiro atoms. The number of hydrogen-bond donors (Lipinski definition) is 2. The number of aliphatic hydroxyl groups excluding tert-OH is 1. The molecule has 0 aliphatic carbocycles. The van der Waals surface area contributed by atoms with E-state index in [-0.39, 0.29) is 11.7 Å². The van der Waals surface area contributed by atoms with Gasteiger partial charge >= 0.3 is 0 Å². The van der Waals surface area contributed by atoms with Gasteiger partial charge in [0.05, 0.1) is 6.10 Å². The van der Waals surface area contributed by atoms with E-state index >= 15 is 0 Å². The number of aliphatic hydroxyl groups is 1. The molecule has 0 aliphatic heterocycles. The Morgan fingerprint density at radius 3 is 2.59 bits per heavy atom. The smallest absolute Gasteiger partial charge is 0.265 e. The molecule has 0 saturated carbocycles. The molecule has 0 radical (unpaired) electrons. The van der Waals surface area contributed by atoms with Gasteiger partial charge in [-0.15, -0.1) is 0 Å². The number of nitrogens with one attached hydrogen (secondary N) is 1. The highest BCUT2D eigenvalue weighted by molar-refractivity contribution is 5.94. The lowest BCUT2D eigenvalue weighted by Crippen LogP contribution is -2.30. The summed E-state index contributed by atoms with van der Waals surface area (Å²) in [6.07, 6.45) is -1.50. The van der Waals surface area contributed by atoms with Gasteiger partial charge in [-0.05, 0) is 32.0 Å². The van der Waals surface area contributed by atoms with Crippen molar-refractivity contribution >= 4 is 11.6 Å². The van der Waals surface area contributed by atoms with Crippen molar-refractivity contribution in [2.45, 2.75) is 26.1 Å². The van der Waals surface area contributed by atoms with E-state index in [2.05, 4.69) is 5.32 Å². The second kappa shape index (κ2) is 7.04. The molecule has 22 heavy (non-hydrogen) atoms. The SMILES string of the molecule is CC(Oc1cccc(F)c1)C(=O)Nc1ccccc1C(C)O. The van der Waals surface area contributed by atoms with Gasteiger partial charge in [0.25, 0.3) is 5.91 Å². The number of ether oxygens (including phenoxy) is 1. The maximum Gasteiger partial charge on any atom is 0.265 e. The summed E-state index contributed by atoms with van der Waals surface area (Å²) >= 11 is 0. The van der Waals surface area contributed by atoms with Crippen molar-refractivity contribution in [1.29, 1.82) is 0 Å². The lowest BCUT2D eigenvalue weighted by Gasteiger charge is -2.17. The quantitative estimate of drug-likeness (QED) is 0.891. The number of rotatable bonds is 5. The van der Waals surface area contributed by atoms with E-state index in [0.29, 0.717) is 11.3 Å². The van der Waals surface area contributed by atoms with E-state index in [4.69, 9.17) is 4.74 Å². The average molecular weight is 303 g/mol. The fourth-order valence-corrected chi connectivity index (χ4v) is 2.01. The Kier molecular flexibility index (Phi) is 5.12. The van der Waals surface area contributed by atoms with Crippen LogP contribution in [-0.4, -0.2) is 17.1 Å². The first-order chi connectivity index (χ1) is 10.5. The van der Waals surface area contributed by atoms with Crippen LogP contribution in [0.1, 0.15) is 25.5 Å². The molecule has 5 heteroatoms. The van der Waals surface area contributed by atoms with E-state index in [1.807, 2.05) is 0 Å². The molecule has 0 saturated heterocycles. The Morgan fingerprint density at radius 2 is 1.91 bits per heavy atom. The van der Waals surface area contributed by atoms with Crippen molar-refractivity contribution in [3.63, 3.8) is 0 Å². The van der Waals surface area contributed by atoms with Crippen molar-refractivity contribution < 1.29 is 19.0 Å². The zero-order valence-electron chi connectivity index (χ0n) is 12.4. The highest BCUT2D eigenvalue weighted by Gasteiger charge is 2.17. The predicted octanol–water partition coefficient (Wildman–Crippen LogP) is 3.29. The van der Waals surface area contributed by atoms with Gasteiger partial charge in [0, 0.05) is 17.3 Å². The average Bonchev–Trinajstić information content (AvgIpc) is 2.47. The molecule has 2 aromatic rings. The lowest BCUT2D eigenvalue weighted by atomic mass is 10.1. The molecule has 2 atom stereocenters. The van der Waals surface area contributed by atoms with Gasteiger partial charge in [-0.25, -0.2) is 4.39 Å². The molecule has 2 rings (SSSR count). The summed E-state index contributed by atoms with van der Waals surface area (Å²) in [4.78, 5) is 12.2. The van der Waals surface area contributed by atoms with Crippen LogP contribution in [0.5, 0.6) is 5.75 Å². The van der Waals surface area contributed by atoms with E-state index in [9.17, 15) is 14.3 Å². The van der Waals surface area contributed by atoms with Crippen LogP contribution in [0.25, 0.3) is 0 Å². The molecule has 0 fully saturated rings. The maximum atomic E-state index is 13.1. The lowest BCUT2D eigenvalue weighted by molar-refractivity contribution is -0.122. The summed E-state index contributed by atoms with van der Waals surface area (Å²) in [5.74, 6) is -0.520. The molecule has 116 valence electrons. The minimum Gasteiger partial charge on any atom is -0.481 e. The zero-order chi connectivity index (χ0) is 16.1. The number of anilines is 1. The van der Waals surface area contributed by atoms with Crippen molar-refractivity contribution in [2.24, 2.45) is 0 Å². The van der Waals surface area contributed by atoms with Crippen LogP contribution in [0.4, 0.5) is 10.1 Å². The fraction of sp³-hybridized carbons (Fsp3) is 0.235. The van der Waals surface area contributed by atoms with Crippen molar-refractivity contribution in [3.05, 3.63) is 59.9 Å². The Morgan fingerprint density at radius 1 is 1.18 bits per heavy atom. The molecular formula is C17H18FNO3. The molecule has 0 aliphatic rings. The minimum atomic E-state index is -0.802. The predicted molar refractivity (Wildman–Crippen MR) is 82.2 cm³/mol. The topological polar surface area (TPSA) is 58.6 Å². The second-order valence-electron chi connectivity index (χ2n) is 4.97. The van der Waals surface area contributed by atoms with Crippen LogP contribution in [-0.2, 0) is 4.79 Å². The second-order valence-corrected chi connectivity index (χ2v) is 4.97. The van der Waals surface area contributed by atoms with Gasteiger partial charge in [0.2, 0.25) is 0 Å². The number of hydrogen-bond acceptors (Lipinski definition) is 3. The highest BCUT2D eigenvalue weighted by atomic mass is 19.1. The van der Waals surface area contributed by atoms with Gasteiger partial charge in [-0.1, -0.05) is 24.3 Å². The highest BCUT2D eigenvalue weighted by Crippen LogP contribution is 2.22. The number of carbonyl (C=O) groups excluding carboxylic acids is 1. The summed E-state index contributed by atoms with van der Waals surface area (Å²) in [5, 5.41) is 12.4. The summed E-state index contributed by atoms with van der Waals surface area (Å²) in [6.45, 7) is 3.20. The van der Waals surface area contributed by atoms with Gasteiger partial charge in [-0.2, -0.15) is 0 Å². The summed E-state index contributed by atoms with van der Waals surface area (Å²) < 4.78 is 18.5. The molecule has 2 N–H and O–H groups in total. The first-order valence-electron chi connectivity index (χ1n) is 6.97. The van der Waals surface area contributed by atoms with Crippen LogP contribution in [0, 0.1) is 5.82 Å². The molecule has 4 nitrogen and oxygen atoms in total. The number of amides is 1. The Hall–Kier alpha value is -2.40. The van der Waals surface area contributed by atoms with E-state index < -0.39 is 18.0 Å². The maximum absolute atomic E-state index is 13.1. The summed E-state index contributed by atoms with van der Waals surface area (Å²) in [7, 11) is 0. The van der Waals surface area contributed by atoms with Crippen LogP contribution in [0.2, 0.25) is 0 Å². The standard InChI is InChI=1S/C17H18FNO3/c1-11(20)15-8-3-4-9-16(15)19-17(21)12(2)22-14-7-5-6-13(18)10-14/h3-12,20H,1-2H3,(H,19,21). The van der Waals surface area contributed by atoms with E-state index in [1.165, 1.54) is 18.2 Å². The van der Waals surface area contributed by atoms with Gasteiger partial charge in [0.1, 0.15) is 11.6 Å². The van der Waals surface area contributed by atoms with Crippen molar-refractivity contribution in [2.75, 3.05) is 5.32 Å². The third-order valence-corrected chi connectivity index (χ3v) is 3.15. The Labute approximate surface area is 128 Å². The molecule has 1 amide bonds. The van der Waals surface area contributed by atoms with Crippen molar-refractivity contribution in [3.8, 4) is 5.75 Å². The van der Waals surface area contributed by atoms with E-state index in [1.54, 1.807) is 44.2 Å². The molecule has 2 aromatic carbocycles. The first kappa shape index (κ1) is 16.0. The fourth-order valence-electron chi connectivity index (χ4n) is 2.01. The van der Waals surface area contributed by atoms with Gasteiger partial charge < -0.3 is 15.2 Å². The first-order valence-corrected chi connectivity index (χ1v) is 6.97. The number of para-hydroxylation sites is 1. The minimum absolute atomic E-state index is 0.284. The molecule has 0 bridgehead atoms. The monoisotopic (exact) mass is 303 g/mol. The Balaban J connectivity index is 2.06. The number of halogens is 1. The number of benzene rings is 2. The molecule has 0 aromatic heterocycles. The van der Waals surface area contributed by atoms with Crippen LogP contribution < -0.4 is 10.1 Å². The third kappa shape index (κ3) is 4.05. The van der Waals surface area contributed by atoms with Gasteiger partial charge in [-0.3, -0.25) is 4.79 Å². The Bertz CT molecular complexity index is 658. The normalized spacial score (nSPS) is 13.3. The zero-order valence-corrected chi connectivity index (χ0v) is 12.4. The van der Waals surface area contributed by atoms with E-state index in [0.717, 1.165) is 0 Å².